The normalized spacial score (nSPS) is 16.8. The van der Waals surface area contributed by atoms with E-state index in [0.29, 0.717) is 5.92 Å². The van der Waals surface area contributed by atoms with Crippen molar-refractivity contribution in [1.29, 1.82) is 0 Å². The average molecular weight is 280 g/mol. The lowest BCUT2D eigenvalue weighted by molar-refractivity contribution is 0.209. The second-order valence-electron chi connectivity index (χ2n) is 6.22. The largest absolute Gasteiger partial charge is 0.493 e. The first-order chi connectivity index (χ1) is 10.3. The number of hydrogen-bond acceptors (Lipinski definition) is 1. The number of rotatable bonds is 5. The zero-order valence-corrected chi connectivity index (χ0v) is 12.8. The Morgan fingerprint density at radius 2 is 1.52 bits per heavy atom. The Bertz CT molecular complexity index is 538. The van der Waals surface area contributed by atoms with Gasteiger partial charge in [0.2, 0.25) is 0 Å². The van der Waals surface area contributed by atoms with Gasteiger partial charge in [0.1, 0.15) is 5.75 Å². The van der Waals surface area contributed by atoms with Gasteiger partial charge in [0, 0.05) is 0 Å². The first-order valence-corrected chi connectivity index (χ1v) is 8.11. The summed E-state index contributed by atoms with van der Waals surface area (Å²) in [7, 11) is 0. The van der Waals surface area contributed by atoms with Crippen molar-refractivity contribution in [2.45, 2.75) is 32.6 Å². The van der Waals surface area contributed by atoms with E-state index in [2.05, 4.69) is 55.5 Å². The molecule has 0 bridgehead atoms. The van der Waals surface area contributed by atoms with Crippen molar-refractivity contribution in [1.82, 2.24) is 0 Å². The highest BCUT2D eigenvalue weighted by atomic mass is 16.5. The third-order valence-corrected chi connectivity index (χ3v) is 4.68. The summed E-state index contributed by atoms with van der Waals surface area (Å²) >= 11 is 0. The maximum absolute atomic E-state index is 5.97. The monoisotopic (exact) mass is 280 g/mol. The molecule has 0 aromatic heterocycles. The third-order valence-electron chi connectivity index (χ3n) is 4.68. The minimum absolute atomic E-state index is 0.668. The second-order valence-corrected chi connectivity index (χ2v) is 6.22. The molecule has 1 nitrogen and oxygen atoms in total. The lowest BCUT2D eigenvalue weighted by Crippen LogP contribution is -2.16. The fourth-order valence-corrected chi connectivity index (χ4v) is 3.26. The van der Waals surface area contributed by atoms with Crippen LogP contribution in [0.25, 0.3) is 11.1 Å². The van der Waals surface area contributed by atoms with Gasteiger partial charge in [-0.15, -0.1) is 0 Å². The van der Waals surface area contributed by atoms with Gasteiger partial charge in [-0.1, -0.05) is 75.1 Å². The number of ether oxygens (including phenoxy) is 1. The van der Waals surface area contributed by atoms with Crippen molar-refractivity contribution >= 4 is 0 Å². The van der Waals surface area contributed by atoms with Crippen LogP contribution in [0.3, 0.4) is 0 Å². The standard InChI is InChI=1S/C20H24O/c1-16(17-7-5-6-8-17)15-21-20-13-11-19(12-14-20)18-9-3-2-4-10-18/h2-4,9-14,16-17H,5-8,15H2,1H3. The van der Waals surface area contributed by atoms with E-state index in [1.807, 2.05) is 6.07 Å². The van der Waals surface area contributed by atoms with Crippen molar-refractivity contribution in [3.8, 4) is 16.9 Å². The van der Waals surface area contributed by atoms with Gasteiger partial charge in [0.25, 0.3) is 0 Å². The minimum Gasteiger partial charge on any atom is -0.493 e. The first-order valence-electron chi connectivity index (χ1n) is 8.11. The topological polar surface area (TPSA) is 9.23 Å². The molecule has 3 rings (SSSR count). The molecule has 2 aromatic carbocycles. The molecule has 1 aliphatic carbocycles. The summed E-state index contributed by atoms with van der Waals surface area (Å²) in [5.41, 5.74) is 2.50. The van der Waals surface area contributed by atoms with E-state index in [1.54, 1.807) is 0 Å². The van der Waals surface area contributed by atoms with Gasteiger partial charge in [0.15, 0.2) is 0 Å². The predicted octanol–water partition coefficient (Wildman–Crippen LogP) is 5.56. The average Bonchev–Trinajstić information content (AvgIpc) is 3.08. The van der Waals surface area contributed by atoms with Crippen molar-refractivity contribution in [2.75, 3.05) is 6.61 Å². The van der Waals surface area contributed by atoms with Gasteiger partial charge in [-0.05, 0) is 35.1 Å². The molecule has 2 aromatic rings. The summed E-state index contributed by atoms with van der Waals surface area (Å²) in [5.74, 6) is 2.52. The molecule has 0 saturated heterocycles. The zero-order chi connectivity index (χ0) is 14.5. The summed E-state index contributed by atoms with van der Waals surface area (Å²) < 4.78 is 5.97. The fourth-order valence-electron chi connectivity index (χ4n) is 3.26. The Labute approximate surface area is 128 Å². The molecular weight excluding hydrogens is 256 g/mol. The van der Waals surface area contributed by atoms with E-state index in [4.69, 9.17) is 4.74 Å². The van der Waals surface area contributed by atoms with Gasteiger partial charge in [0.05, 0.1) is 6.61 Å². The lowest BCUT2D eigenvalue weighted by Gasteiger charge is -2.19. The van der Waals surface area contributed by atoms with Crippen LogP contribution in [-0.4, -0.2) is 6.61 Å². The van der Waals surface area contributed by atoms with Gasteiger partial charge < -0.3 is 4.74 Å². The van der Waals surface area contributed by atoms with Crippen LogP contribution in [0.15, 0.2) is 54.6 Å². The SMILES string of the molecule is CC(COc1ccc(-c2ccccc2)cc1)C1CCCC1. The van der Waals surface area contributed by atoms with E-state index < -0.39 is 0 Å². The van der Waals surface area contributed by atoms with Crippen molar-refractivity contribution < 1.29 is 4.74 Å². The molecule has 1 aliphatic rings. The van der Waals surface area contributed by atoms with Crippen LogP contribution in [0.1, 0.15) is 32.6 Å². The van der Waals surface area contributed by atoms with Crippen LogP contribution >= 0.6 is 0 Å². The van der Waals surface area contributed by atoms with Gasteiger partial charge >= 0.3 is 0 Å². The Balaban J connectivity index is 1.57. The molecule has 21 heavy (non-hydrogen) atoms. The molecule has 1 atom stereocenters. The van der Waals surface area contributed by atoms with Crippen LogP contribution < -0.4 is 4.74 Å². The van der Waals surface area contributed by atoms with Crippen molar-refractivity contribution in [2.24, 2.45) is 11.8 Å². The summed E-state index contributed by atoms with van der Waals surface area (Å²) in [6.45, 7) is 3.17. The molecule has 1 fully saturated rings. The summed E-state index contributed by atoms with van der Waals surface area (Å²) in [6, 6.07) is 18.9. The number of hydrogen-bond donors (Lipinski definition) is 0. The highest BCUT2D eigenvalue weighted by molar-refractivity contribution is 5.63. The Morgan fingerprint density at radius 3 is 2.19 bits per heavy atom. The maximum Gasteiger partial charge on any atom is 0.119 e. The van der Waals surface area contributed by atoms with Gasteiger partial charge in [-0.3, -0.25) is 0 Å². The highest BCUT2D eigenvalue weighted by Crippen LogP contribution is 2.31. The number of benzene rings is 2. The molecule has 0 amide bonds. The highest BCUT2D eigenvalue weighted by Gasteiger charge is 2.21. The molecule has 0 radical (unpaired) electrons. The van der Waals surface area contributed by atoms with Crippen LogP contribution in [0.2, 0.25) is 0 Å². The second kappa shape index (κ2) is 6.80. The fraction of sp³-hybridized carbons (Fsp3) is 0.400. The zero-order valence-electron chi connectivity index (χ0n) is 12.8. The maximum atomic E-state index is 5.97. The van der Waals surface area contributed by atoms with E-state index >= 15 is 0 Å². The molecule has 1 unspecified atom stereocenters. The summed E-state index contributed by atoms with van der Waals surface area (Å²) in [4.78, 5) is 0. The van der Waals surface area contributed by atoms with E-state index in [0.717, 1.165) is 18.3 Å². The van der Waals surface area contributed by atoms with Gasteiger partial charge in [-0.25, -0.2) is 0 Å². The predicted molar refractivity (Wildman–Crippen MR) is 88.5 cm³/mol. The third kappa shape index (κ3) is 3.66. The molecular formula is C20H24O. The van der Waals surface area contributed by atoms with Crippen molar-refractivity contribution in [3.63, 3.8) is 0 Å². The molecule has 0 N–H and O–H groups in total. The van der Waals surface area contributed by atoms with E-state index in [9.17, 15) is 0 Å². The molecule has 0 heterocycles. The minimum atomic E-state index is 0.668. The van der Waals surface area contributed by atoms with Gasteiger partial charge in [-0.2, -0.15) is 0 Å². The van der Waals surface area contributed by atoms with E-state index in [-0.39, 0.29) is 0 Å². The smallest absolute Gasteiger partial charge is 0.119 e. The Kier molecular flexibility index (Phi) is 4.59. The van der Waals surface area contributed by atoms with Crippen LogP contribution in [0, 0.1) is 11.8 Å². The van der Waals surface area contributed by atoms with Crippen LogP contribution in [0.4, 0.5) is 0 Å². The molecule has 0 spiro atoms. The van der Waals surface area contributed by atoms with Crippen molar-refractivity contribution in [3.05, 3.63) is 54.6 Å². The molecule has 110 valence electrons. The molecule has 1 heteroatoms. The summed E-state index contributed by atoms with van der Waals surface area (Å²) in [6.07, 6.45) is 5.58. The summed E-state index contributed by atoms with van der Waals surface area (Å²) in [5, 5.41) is 0. The van der Waals surface area contributed by atoms with Crippen LogP contribution in [-0.2, 0) is 0 Å². The van der Waals surface area contributed by atoms with E-state index in [1.165, 1.54) is 36.8 Å². The molecule has 0 aliphatic heterocycles. The lowest BCUT2D eigenvalue weighted by atomic mass is 9.93. The molecule has 1 saturated carbocycles. The Hall–Kier alpha value is -1.76. The van der Waals surface area contributed by atoms with Crippen LogP contribution in [0.5, 0.6) is 5.75 Å². The quantitative estimate of drug-likeness (QED) is 0.696. The first kappa shape index (κ1) is 14.2. The Morgan fingerprint density at radius 1 is 0.905 bits per heavy atom.